The van der Waals surface area contributed by atoms with Gasteiger partial charge in [-0.3, -0.25) is 4.90 Å². The van der Waals surface area contributed by atoms with Gasteiger partial charge in [0.2, 0.25) is 0 Å². The van der Waals surface area contributed by atoms with E-state index in [-0.39, 0.29) is 0 Å². The fourth-order valence-corrected chi connectivity index (χ4v) is 1.00. The van der Waals surface area contributed by atoms with E-state index in [0.717, 1.165) is 5.84 Å². The summed E-state index contributed by atoms with van der Waals surface area (Å²) in [6.07, 6.45) is 5.98. The Bertz CT molecular complexity index is 240. The van der Waals surface area contributed by atoms with Crippen molar-refractivity contribution < 1.29 is 4.84 Å². The molecule has 2 heterocycles. The van der Waals surface area contributed by atoms with Crippen molar-refractivity contribution in [2.45, 2.75) is 6.92 Å². The molecule has 0 aromatic rings. The van der Waals surface area contributed by atoms with E-state index in [4.69, 9.17) is 4.84 Å². The number of oxime groups is 1. The normalized spacial score (nSPS) is 21.5. The summed E-state index contributed by atoms with van der Waals surface area (Å²) in [5.41, 5.74) is 1.23. The molecule has 0 aromatic heterocycles. The van der Waals surface area contributed by atoms with Crippen molar-refractivity contribution in [1.29, 1.82) is 0 Å². The summed E-state index contributed by atoms with van der Waals surface area (Å²) in [4.78, 5) is 6.83. The molecule has 0 fully saturated rings. The average Bonchev–Trinajstić information content (AvgIpc) is 2.33. The third-order valence-corrected chi connectivity index (χ3v) is 1.50. The summed E-state index contributed by atoms with van der Waals surface area (Å²) in [6, 6.07) is 0. The standard InChI is InChI=1S/C7H8N2O/c1-6-2-3-7-8-10-5-9(7)4-6/h2-4H,5H2,1H3. The van der Waals surface area contributed by atoms with Gasteiger partial charge in [-0.25, -0.2) is 0 Å². The lowest BCUT2D eigenvalue weighted by Gasteiger charge is -2.13. The fourth-order valence-electron chi connectivity index (χ4n) is 1.00. The molecule has 2 aliphatic heterocycles. The summed E-state index contributed by atoms with van der Waals surface area (Å²) in [6.45, 7) is 2.60. The van der Waals surface area contributed by atoms with Crippen molar-refractivity contribution in [2.75, 3.05) is 6.73 Å². The van der Waals surface area contributed by atoms with Crippen LogP contribution in [0, 0.1) is 0 Å². The Morgan fingerprint density at radius 1 is 1.60 bits per heavy atom. The summed E-state index contributed by atoms with van der Waals surface area (Å²) >= 11 is 0. The first-order valence-electron chi connectivity index (χ1n) is 3.19. The van der Waals surface area contributed by atoms with E-state index < -0.39 is 0 Å². The highest BCUT2D eigenvalue weighted by Gasteiger charge is 2.15. The van der Waals surface area contributed by atoms with Gasteiger partial charge in [0.05, 0.1) is 0 Å². The molecule has 0 saturated heterocycles. The van der Waals surface area contributed by atoms with Crippen molar-refractivity contribution in [2.24, 2.45) is 5.16 Å². The minimum absolute atomic E-state index is 0.553. The second kappa shape index (κ2) is 1.87. The van der Waals surface area contributed by atoms with Crippen molar-refractivity contribution in [3.8, 4) is 0 Å². The second-order valence-electron chi connectivity index (χ2n) is 2.38. The smallest absolute Gasteiger partial charge is 0.194 e. The van der Waals surface area contributed by atoms with Gasteiger partial charge in [0.1, 0.15) is 0 Å². The Morgan fingerprint density at radius 3 is 3.40 bits per heavy atom. The molecule has 3 heteroatoms. The molecule has 10 heavy (non-hydrogen) atoms. The summed E-state index contributed by atoms with van der Waals surface area (Å²) in [5, 5.41) is 3.80. The lowest BCUT2D eigenvalue weighted by molar-refractivity contribution is 0.127. The van der Waals surface area contributed by atoms with Crippen molar-refractivity contribution in [3.05, 3.63) is 23.9 Å². The molecule has 0 saturated carbocycles. The zero-order valence-corrected chi connectivity index (χ0v) is 5.74. The van der Waals surface area contributed by atoms with Crippen LogP contribution in [0.2, 0.25) is 0 Å². The van der Waals surface area contributed by atoms with Crippen LogP contribution in [0.4, 0.5) is 0 Å². The number of rotatable bonds is 0. The van der Waals surface area contributed by atoms with Crippen LogP contribution in [0.3, 0.4) is 0 Å². The molecule has 0 N–H and O–H groups in total. The Labute approximate surface area is 59.3 Å². The number of hydrogen-bond acceptors (Lipinski definition) is 3. The lowest BCUT2D eigenvalue weighted by atomic mass is 10.2. The molecule has 52 valence electrons. The largest absolute Gasteiger partial charge is 0.371 e. The molecule has 0 atom stereocenters. The first-order valence-corrected chi connectivity index (χ1v) is 3.19. The summed E-state index contributed by atoms with van der Waals surface area (Å²) in [7, 11) is 0. The van der Waals surface area contributed by atoms with Crippen LogP contribution in [-0.4, -0.2) is 17.5 Å². The van der Waals surface area contributed by atoms with Gasteiger partial charge in [-0.1, -0.05) is 11.2 Å². The second-order valence-corrected chi connectivity index (χ2v) is 2.38. The number of hydrogen-bond donors (Lipinski definition) is 0. The third kappa shape index (κ3) is 0.708. The van der Waals surface area contributed by atoms with Gasteiger partial charge in [-0.2, -0.15) is 0 Å². The molecule has 0 spiro atoms. The maximum atomic E-state index is 4.86. The number of fused-ring (bicyclic) bond motifs is 1. The minimum atomic E-state index is 0.553. The molecule has 0 aliphatic carbocycles. The first-order chi connectivity index (χ1) is 4.86. The maximum absolute atomic E-state index is 4.86. The van der Waals surface area contributed by atoms with E-state index in [1.807, 2.05) is 30.2 Å². The molecule has 0 amide bonds. The third-order valence-electron chi connectivity index (χ3n) is 1.50. The molecular formula is C7H8N2O. The minimum Gasteiger partial charge on any atom is -0.371 e. The molecule has 2 aliphatic rings. The van der Waals surface area contributed by atoms with E-state index in [2.05, 4.69) is 5.16 Å². The predicted octanol–water partition coefficient (Wildman–Crippen LogP) is 1.06. The molecule has 3 nitrogen and oxygen atoms in total. The van der Waals surface area contributed by atoms with Gasteiger partial charge in [0.25, 0.3) is 0 Å². The van der Waals surface area contributed by atoms with Crippen LogP contribution in [-0.2, 0) is 4.84 Å². The van der Waals surface area contributed by atoms with E-state index in [9.17, 15) is 0 Å². The van der Waals surface area contributed by atoms with Gasteiger partial charge >= 0.3 is 0 Å². The van der Waals surface area contributed by atoms with Crippen molar-refractivity contribution in [3.63, 3.8) is 0 Å². The average molecular weight is 136 g/mol. The van der Waals surface area contributed by atoms with Crippen molar-refractivity contribution >= 4 is 5.84 Å². The predicted molar refractivity (Wildman–Crippen MR) is 38.1 cm³/mol. The lowest BCUT2D eigenvalue weighted by Crippen LogP contribution is -2.21. The Hall–Kier alpha value is -1.25. The highest BCUT2D eigenvalue weighted by atomic mass is 16.7. The molecule has 2 rings (SSSR count). The van der Waals surface area contributed by atoms with E-state index in [1.165, 1.54) is 5.57 Å². The van der Waals surface area contributed by atoms with Crippen LogP contribution >= 0.6 is 0 Å². The van der Waals surface area contributed by atoms with Gasteiger partial charge in [0, 0.05) is 6.20 Å². The molecular weight excluding hydrogens is 128 g/mol. The van der Waals surface area contributed by atoms with Crippen LogP contribution < -0.4 is 0 Å². The zero-order chi connectivity index (χ0) is 6.97. The van der Waals surface area contributed by atoms with Crippen LogP contribution in [0.15, 0.2) is 29.1 Å². The van der Waals surface area contributed by atoms with Crippen molar-refractivity contribution in [1.82, 2.24) is 4.90 Å². The van der Waals surface area contributed by atoms with Gasteiger partial charge in [0.15, 0.2) is 12.6 Å². The van der Waals surface area contributed by atoms with E-state index >= 15 is 0 Å². The number of amidine groups is 1. The topological polar surface area (TPSA) is 24.8 Å². The van der Waals surface area contributed by atoms with Gasteiger partial charge < -0.3 is 4.84 Å². The van der Waals surface area contributed by atoms with Crippen LogP contribution in [0.1, 0.15) is 6.92 Å². The van der Waals surface area contributed by atoms with Gasteiger partial charge in [-0.15, -0.1) is 0 Å². The van der Waals surface area contributed by atoms with Crippen LogP contribution in [0.5, 0.6) is 0 Å². The Morgan fingerprint density at radius 2 is 2.50 bits per heavy atom. The highest BCUT2D eigenvalue weighted by molar-refractivity contribution is 5.95. The fraction of sp³-hybridized carbons (Fsp3) is 0.286. The molecule has 0 bridgehead atoms. The quantitative estimate of drug-likeness (QED) is 0.497. The zero-order valence-electron chi connectivity index (χ0n) is 5.74. The van der Waals surface area contributed by atoms with Crippen LogP contribution in [0.25, 0.3) is 0 Å². The van der Waals surface area contributed by atoms with E-state index in [1.54, 1.807) is 0 Å². The first kappa shape index (κ1) is 5.53. The number of allylic oxidation sites excluding steroid dienone is 2. The van der Waals surface area contributed by atoms with Gasteiger partial charge in [-0.05, 0) is 18.6 Å². The molecule has 0 unspecified atom stereocenters. The summed E-state index contributed by atoms with van der Waals surface area (Å²) in [5.74, 6) is 0.894. The Kier molecular flexibility index (Phi) is 1.03. The van der Waals surface area contributed by atoms with E-state index in [0.29, 0.717) is 6.73 Å². The molecule has 0 radical (unpaired) electrons. The highest BCUT2D eigenvalue weighted by Crippen LogP contribution is 2.12. The molecule has 0 aromatic carbocycles. The number of nitrogens with zero attached hydrogens (tertiary/aromatic N) is 2. The monoisotopic (exact) mass is 136 g/mol. The Balaban J connectivity index is 2.32. The SMILES string of the molecule is CC1=CN2CON=C2C=C1. The summed E-state index contributed by atoms with van der Waals surface area (Å²) < 4.78 is 0. The maximum Gasteiger partial charge on any atom is 0.194 e.